The van der Waals surface area contributed by atoms with Crippen LogP contribution < -0.4 is 19.5 Å². The largest absolute Gasteiger partial charge is 0.497 e. The Labute approximate surface area is 141 Å². The molecule has 1 heterocycles. The molecule has 0 bridgehead atoms. The first-order valence-corrected chi connectivity index (χ1v) is 7.32. The molecule has 0 aliphatic heterocycles. The van der Waals surface area contributed by atoms with Crippen LogP contribution in [0.25, 0.3) is 6.08 Å². The topological polar surface area (TPSA) is 69.7 Å². The summed E-state index contributed by atoms with van der Waals surface area (Å²) in [4.78, 5) is 16.0. The second kappa shape index (κ2) is 8.57. The summed E-state index contributed by atoms with van der Waals surface area (Å²) in [5, 5.41) is 2.81. The molecule has 6 nitrogen and oxygen atoms in total. The molecule has 0 aliphatic carbocycles. The van der Waals surface area contributed by atoms with E-state index in [9.17, 15) is 4.79 Å². The van der Waals surface area contributed by atoms with Gasteiger partial charge in [-0.1, -0.05) is 0 Å². The van der Waals surface area contributed by atoms with Gasteiger partial charge in [-0.3, -0.25) is 4.79 Å². The van der Waals surface area contributed by atoms with Crippen LogP contribution in [0.3, 0.4) is 0 Å². The first kappa shape index (κ1) is 17.3. The number of nitrogens with one attached hydrogen (secondary N) is 1. The van der Waals surface area contributed by atoms with Crippen molar-refractivity contribution in [3.63, 3.8) is 0 Å². The molecule has 1 N–H and O–H groups in total. The third-order valence-corrected chi connectivity index (χ3v) is 3.28. The van der Waals surface area contributed by atoms with Crippen molar-refractivity contribution in [3.8, 4) is 17.4 Å². The number of methoxy groups -OCH3 is 3. The van der Waals surface area contributed by atoms with Crippen molar-refractivity contribution < 1.29 is 19.0 Å². The average molecular weight is 328 g/mol. The lowest BCUT2D eigenvalue weighted by Crippen LogP contribution is -2.20. The number of hydrogen-bond acceptors (Lipinski definition) is 5. The third-order valence-electron chi connectivity index (χ3n) is 3.28. The van der Waals surface area contributed by atoms with Gasteiger partial charge in [0.1, 0.15) is 11.5 Å². The zero-order chi connectivity index (χ0) is 17.4. The van der Waals surface area contributed by atoms with Crippen LogP contribution in [0.1, 0.15) is 11.1 Å². The van der Waals surface area contributed by atoms with Gasteiger partial charge in [-0.05, 0) is 35.4 Å². The number of carbonyl (C=O) groups excluding carboxylic acids is 1. The van der Waals surface area contributed by atoms with Gasteiger partial charge in [0.15, 0.2) is 0 Å². The number of nitrogens with zero attached hydrogens (tertiary/aromatic N) is 1. The van der Waals surface area contributed by atoms with Crippen molar-refractivity contribution in [1.82, 2.24) is 10.3 Å². The van der Waals surface area contributed by atoms with Crippen molar-refractivity contribution in [3.05, 3.63) is 53.7 Å². The van der Waals surface area contributed by atoms with E-state index in [1.165, 1.54) is 6.08 Å². The first-order chi connectivity index (χ1) is 11.6. The fraction of sp³-hybridized carbons (Fsp3) is 0.222. The van der Waals surface area contributed by atoms with Crippen LogP contribution in [0.4, 0.5) is 0 Å². The maximum absolute atomic E-state index is 11.9. The molecule has 1 amide bonds. The summed E-state index contributed by atoms with van der Waals surface area (Å²) in [6.45, 7) is 0.392. The summed E-state index contributed by atoms with van der Waals surface area (Å²) in [5.41, 5.74) is 1.72. The number of carbonyl (C=O) groups is 1. The van der Waals surface area contributed by atoms with E-state index >= 15 is 0 Å². The lowest BCUT2D eigenvalue weighted by molar-refractivity contribution is -0.116. The van der Waals surface area contributed by atoms with E-state index in [-0.39, 0.29) is 5.91 Å². The first-order valence-electron chi connectivity index (χ1n) is 7.32. The fourth-order valence-electron chi connectivity index (χ4n) is 2.02. The molecule has 0 saturated heterocycles. The molecule has 24 heavy (non-hydrogen) atoms. The van der Waals surface area contributed by atoms with E-state index in [1.54, 1.807) is 45.7 Å². The van der Waals surface area contributed by atoms with Gasteiger partial charge in [0.25, 0.3) is 0 Å². The van der Waals surface area contributed by atoms with Crippen molar-refractivity contribution in [2.24, 2.45) is 0 Å². The van der Waals surface area contributed by atoms with Gasteiger partial charge < -0.3 is 19.5 Å². The second-order valence-electron chi connectivity index (χ2n) is 4.90. The Hall–Kier alpha value is -3.02. The molecule has 1 aromatic carbocycles. The minimum atomic E-state index is -0.201. The van der Waals surface area contributed by atoms with E-state index in [0.29, 0.717) is 23.9 Å². The highest BCUT2D eigenvalue weighted by atomic mass is 16.5. The van der Waals surface area contributed by atoms with Gasteiger partial charge in [-0.2, -0.15) is 0 Å². The van der Waals surface area contributed by atoms with Crippen LogP contribution >= 0.6 is 0 Å². The average Bonchev–Trinajstić information content (AvgIpc) is 2.64. The van der Waals surface area contributed by atoms with E-state index in [1.807, 2.05) is 18.2 Å². The van der Waals surface area contributed by atoms with Gasteiger partial charge >= 0.3 is 0 Å². The summed E-state index contributed by atoms with van der Waals surface area (Å²) in [6.07, 6.45) is 4.80. The van der Waals surface area contributed by atoms with Crippen LogP contribution in [-0.4, -0.2) is 32.2 Å². The molecule has 0 aliphatic rings. The van der Waals surface area contributed by atoms with Gasteiger partial charge in [0, 0.05) is 31.0 Å². The molecule has 0 fully saturated rings. The minimum absolute atomic E-state index is 0.201. The molecule has 6 heteroatoms. The van der Waals surface area contributed by atoms with Crippen LogP contribution in [0.2, 0.25) is 0 Å². The van der Waals surface area contributed by atoms with Crippen molar-refractivity contribution in [2.45, 2.75) is 6.54 Å². The van der Waals surface area contributed by atoms with Gasteiger partial charge in [0.2, 0.25) is 11.8 Å². The molecule has 2 aromatic rings. The number of ether oxygens (including phenoxy) is 3. The predicted octanol–water partition coefficient (Wildman–Crippen LogP) is 2.44. The number of pyridine rings is 1. The molecular formula is C18H20N2O4. The third kappa shape index (κ3) is 5.01. The Morgan fingerprint density at radius 1 is 1.08 bits per heavy atom. The lowest BCUT2D eigenvalue weighted by Gasteiger charge is -2.06. The Balaban J connectivity index is 1.97. The number of rotatable bonds is 7. The van der Waals surface area contributed by atoms with Gasteiger partial charge in [0.05, 0.1) is 21.3 Å². The van der Waals surface area contributed by atoms with E-state index in [4.69, 9.17) is 14.2 Å². The highest BCUT2D eigenvalue weighted by Gasteiger charge is 2.02. The Morgan fingerprint density at radius 2 is 1.79 bits per heavy atom. The molecule has 0 spiro atoms. The monoisotopic (exact) mass is 328 g/mol. The van der Waals surface area contributed by atoms with Crippen LogP contribution in [0.15, 0.2) is 42.6 Å². The summed E-state index contributed by atoms with van der Waals surface area (Å²) < 4.78 is 15.4. The highest BCUT2D eigenvalue weighted by molar-refractivity contribution is 5.91. The van der Waals surface area contributed by atoms with Gasteiger partial charge in [-0.15, -0.1) is 0 Å². The molecule has 0 saturated carbocycles. The Bertz CT molecular complexity index is 706. The fourth-order valence-corrected chi connectivity index (χ4v) is 2.02. The number of hydrogen-bond donors (Lipinski definition) is 1. The van der Waals surface area contributed by atoms with Crippen molar-refractivity contribution in [1.29, 1.82) is 0 Å². The highest BCUT2D eigenvalue weighted by Crippen LogP contribution is 2.23. The lowest BCUT2D eigenvalue weighted by atomic mass is 10.2. The summed E-state index contributed by atoms with van der Waals surface area (Å²) in [6, 6.07) is 9.00. The molecule has 0 atom stereocenters. The zero-order valence-corrected chi connectivity index (χ0v) is 13.9. The summed E-state index contributed by atoms with van der Waals surface area (Å²) in [7, 11) is 4.71. The predicted molar refractivity (Wildman–Crippen MR) is 91.2 cm³/mol. The SMILES string of the molecule is COc1cc(/C=C/C(=O)NCc2ccnc(OC)c2)cc(OC)c1. The molecule has 0 unspecified atom stereocenters. The number of amides is 1. The Kier molecular flexibility index (Phi) is 6.19. The molecule has 0 radical (unpaired) electrons. The number of aromatic nitrogens is 1. The van der Waals surface area contributed by atoms with Crippen molar-refractivity contribution in [2.75, 3.05) is 21.3 Å². The maximum Gasteiger partial charge on any atom is 0.244 e. The van der Waals surface area contributed by atoms with Gasteiger partial charge in [-0.25, -0.2) is 4.98 Å². The molecule has 126 valence electrons. The summed E-state index contributed by atoms with van der Waals surface area (Å²) >= 11 is 0. The standard InChI is InChI=1S/C18H20N2O4/c1-22-15-8-13(9-16(11-15)23-2)4-5-17(21)20-12-14-6-7-19-18(10-14)24-3/h4-11H,12H2,1-3H3,(H,20,21)/b5-4+. The van der Waals surface area contributed by atoms with E-state index in [0.717, 1.165) is 11.1 Å². The zero-order valence-electron chi connectivity index (χ0n) is 13.9. The van der Waals surface area contributed by atoms with Crippen LogP contribution in [-0.2, 0) is 11.3 Å². The molecule has 1 aromatic heterocycles. The van der Waals surface area contributed by atoms with Crippen molar-refractivity contribution >= 4 is 12.0 Å². The smallest absolute Gasteiger partial charge is 0.244 e. The molecular weight excluding hydrogens is 308 g/mol. The normalized spacial score (nSPS) is 10.5. The molecule has 2 rings (SSSR count). The van der Waals surface area contributed by atoms with Crippen LogP contribution in [0, 0.1) is 0 Å². The van der Waals surface area contributed by atoms with E-state index < -0.39 is 0 Å². The quantitative estimate of drug-likeness (QED) is 0.791. The maximum atomic E-state index is 11.9. The summed E-state index contributed by atoms with van der Waals surface area (Å²) in [5.74, 6) is 1.64. The Morgan fingerprint density at radius 3 is 2.42 bits per heavy atom. The van der Waals surface area contributed by atoms with Crippen LogP contribution in [0.5, 0.6) is 17.4 Å². The second-order valence-corrected chi connectivity index (χ2v) is 4.90. The number of benzene rings is 1. The van der Waals surface area contributed by atoms with E-state index in [2.05, 4.69) is 10.3 Å². The minimum Gasteiger partial charge on any atom is -0.497 e.